The highest BCUT2D eigenvalue weighted by Gasteiger charge is 2.24. The van der Waals surface area contributed by atoms with E-state index in [-0.39, 0.29) is 16.7 Å². The lowest BCUT2D eigenvalue weighted by atomic mass is 10.2. The van der Waals surface area contributed by atoms with E-state index >= 15 is 0 Å². The van der Waals surface area contributed by atoms with Crippen LogP contribution in [0.3, 0.4) is 0 Å². The van der Waals surface area contributed by atoms with Crippen molar-refractivity contribution >= 4 is 29.0 Å². The van der Waals surface area contributed by atoms with Crippen LogP contribution in [-0.4, -0.2) is 42.4 Å². The molecule has 1 aromatic heterocycles. The molecule has 0 amide bonds. The molecule has 140 valence electrons. The van der Waals surface area contributed by atoms with Crippen molar-refractivity contribution in [3.63, 3.8) is 0 Å². The van der Waals surface area contributed by atoms with Crippen molar-refractivity contribution in [3.8, 4) is 0 Å². The largest absolute Gasteiger partial charge is 0.465 e. The normalized spacial score (nSPS) is 15.4. The molecule has 10 heteroatoms. The third-order valence-corrected chi connectivity index (χ3v) is 3.98. The number of aromatic nitrogens is 2. The summed E-state index contributed by atoms with van der Waals surface area (Å²) in [4.78, 5) is 5.65. The summed E-state index contributed by atoms with van der Waals surface area (Å²) in [5.41, 5.74) is 0.448. The number of halogens is 4. The Hall–Kier alpha value is -2.42. The van der Waals surface area contributed by atoms with Gasteiger partial charge in [0.15, 0.2) is 6.17 Å². The zero-order valence-electron chi connectivity index (χ0n) is 13.9. The molecule has 2 aromatic rings. The Morgan fingerprint density at radius 2 is 2.19 bits per heavy atom. The number of ether oxygens (including phenoxy) is 1. The predicted octanol–water partition coefficient (Wildman–Crippen LogP) is 3.76. The Balaban J connectivity index is 1.85. The molecule has 0 bridgehead atoms. The van der Waals surface area contributed by atoms with Crippen molar-refractivity contribution in [1.82, 2.24) is 9.78 Å². The van der Waals surface area contributed by atoms with E-state index in [1.54, 1.807) is 7.05 Å². The van der Waals surface area contributed by atoms with Gasteiger partial charge in [-0.25, -0.2) is 22.8 Å². The number of rotatable bonds is 5. The number of aliphatic imine (C=N–C) groups is 1. The molecule has 3 rings (SSSR count). The van der Waals surface area contributed by atoms with Crippen molar-refractivity contribution in [2.24, 2.45) is 4.99 Å². The molecule has 0 saturated heterocycles. The van der Waals surface area contributed by atoms with Crippen LogP contribution in [-0.2, 0) is 4.74 Å². The van der Waals surface area contributed by atoms with Gasteiger partial charge < -0.3 is 10.1 Å². The summed E-state index contributed by atoms with van der Waals surface area (Å²) in [6.07, 6.45) is -0.866. The molecular formula is C16H17ClF3N5O. The van der Waals surface area contributed by atoms with Gasteiger partial charge in [-0.15, -0.1) is 0 Å². The fourth-order valence-electron chi connectivity index (χ4n) is 2.50. The molecule has 2 heterocycles. The summed E-state index contributed by atoms with van der Waals surface area (Å²) in [7, 11) is 1.60. The van der Waals surface area contributed by atoms with Gasteiger partial charge in [-0.1, -0.05) is 11.6 Å². The lowest BCUT2D eigenvalue weighted by molar-refractivity contribution is 0.0898. The number of hydrogen-bond donors (Lipinski definition) is 1. The van der Waals surface area contributed by atoms with Crippen molar-refractivity contribution in [3.05, 3.63) is 41.4 Å². The molecule has 0 spiro atoms. The topological polar surface area (TPSA) is 54.7 Å². The molecular weight excluding hydrogens is 371 g/mol. The first-order valence-electron chi connectivity index (χ1n) is 7.90. The molecule has 0 unspecified atom stereocenters. The highest BCUT2D eigenvalue weighted by molar-refractivity contribution is 6.30. The Morgan fingerprint density at radius 1 is 1.38 bits per heavy atom. The van der Waals surface area contributed by atoms with Gasteiger partial charge in [0, 0.05) is 31.9 Å². The SMILES string of the molecule is CN(C1=NCCCO1)c1cc(N[C@H](C(F)F)n2cc(Cl)cn2)ccc1F. The van der Waals surface area contributed by atoms with Crippen LogP contribution in [0.4, 0.5) is 24.5 Å². The van der Waals surface area contributed by atoms with Crippen molar-refractivity contribution in [2.75, 3.05) is 30.4 Å². The summed E-state index contributed by atoms with van der Waals surface area (Å²) in [6.45, 7) is 1.09. The average Bonchev–Trinajstić information content (AvgIpc) is 3.06. The van der Waals surface area contributed by atoms with Crippen LogP contribution in [0, 0.1) is 5.82 Å². The van der Waals surface area contributed by atoms with E-state index in [1.165, 1.54) is 35.5 Å². The molecule has 1 atom stereocenters. The van der Waals surface area contributed by atoms with Crippen molar-refractivity contribution in [2.45, 2.75) is 19.0 Å². The highest BCUT2D eigenvalue weighted by Crippen LogP contribution is 2.27. The Kier molecular flexibility index (Phi) is 5.55. The minimum absolute atomic E-state index is 0.155. The number of nitrogens with zero attached hydrogens (tertiary/aromatic N) is 4. The molecule has 0 saturated carbocycles. The first-order valence-corrected chi connectivity index (χ1v) is 8.28. The Morgan fingerprint density at radius 3 is 2.81 bits per heavy atom. The maximum Gasteiger partial charge on any atom is 0.291 e. The van der Waals surface area contributed by atoms with E-state index in [2.05, 4.69) is 15.4 Å². The lowest BCUT2D eigenvalue weighted by Gasteiger charge is -2.25. The van der Waals surface area contributed by atoms with Crippen LogP contribution in [0.2, 0.25) is 5.02 Å². The van der Waals surface area contributed by atoms with Crippen LogP contribution in [0.5, 0.6) is 0 Å². The monoisotopic (exact) mass is 387 g/mol. The van der Waals surface area contributed by atoms with Gasteiger partial charge >= 0.3 is 0 Å². The van der Waals surface area contributed by atoms with E-state index in [0.29, 0.717) is 18.8 Å². The lowest BCUT2D eigenvalue weighted by Crippen LogP contribution is -2.32. The summed E-state index contributed by atoms with van der Waals surface area (Å²) in [6, 6.07) is 4.26. The highest BCUT2D eigenvalue weighted by atomic mass is 35.5. The maximum atomic E-state index is 14.2. The fraction of sp³-hybridized carbons (Fsp3) is 0.375. The minimum Gasteiger partial charge on any atom is -0.465 e. The van der Waals surface area contributed by atoms with Crippen molar-refractivity contribution in [1.29, 1.82) is 0 Å². The summed E-state index contributed by atoms with van der Waals surface area (Å²) in [5, 5.41) is 6.69. The average molecular weight is 388 g/mol. The fourth-order valence-corrected chi connectivity index (χ4v) is 2.64. The first-order chi connectivity index (χ1) is 12.5. The number of hydrogen-bond acceptors (Lipinski definition) is 5. The minimum atomic E-state index is -2.76. The Labute approximate surface area is 153 Å². The van der Waals surface area contributed by atoms with Crippen LogP contribution in [0.25, 0.3) is 0 Å². The van der Waals surface area contributed by atoms with E-state index in [0.717, 1.165) is 11.1 Å². The van der Waals surface area contributed by atoms with Crippen LogP contribution in [0.15, 0.2) is 35.6 Å². The number of benzene rings is 1. The van der Waals surface area contributed by atoms with Crippen LogP contribution >= 0.6 is 11.6 Å². The summed E-state index contributed by atoms with van der Waals surface area (Å²) in [5.74, 6) is -0.523. The van der Waals surface area contributed by atoms with E-state index in [4.69, 9.17) is 16.3 Å². The second kappa shape index (κ2) is 7.86. The Bertz CT molecular complexity index is 798. The maximum absolute atomic E-state index is 14.2. The van der Waals surface area contributed by atoms with Gasteiger partial charge in [0.2, 0.25) is 0 Å². The van der Waals surface area contributed by atoms with Gasteiger partial charge in [0.1, 0.15) is 5.82 Å². The van der Waals surface area contributed by atoms with Gasteiger partial charge in [0.25, 0.3) is 12.4 Å². The molecule has 6 nitrogen and oxygen atoms in total. The van der Waals surface area contributed by atoms with E-state index in [1.807, 2.05) is 0 Å². The standard InChI is InChI=1S/C16H17ClF3N5O/c1-24(16-21-5-2-6-26-16)13-7-11(3-4-12(13)18)23-15(14(19)20)25-9-10(17)8-22-25/h3-4,7-9,14-15,23H,2,5-6H2,1H3/t15-/m0/s1. The molecule has 1 N–H and O–H groups in total. The van der Waals surface area contributed by atoms with Crippen molar-refractivity contribution < 1.29 is 17.9 Å². The molecule has 1 aliphatic rings. The summed E-state index contributed by atoms with van der Waals surface area (Å²) >= 11 is 5.75. The smallest absolute Gasteiger partial charge is 0.291 e. The second-order valence-electron chi connectivity index (χ2n) is 5.65. The van der Waals surface area contributed by atoms with Gasteiger partial charge in [-0.05, 0) is 18.2 Å². The first kappa shape index (κ1) is 18.4. The molecule has 1 aromatic carbocycles. The number of nitrogens with one attached hydrogen (secondary N) is 1. The molecule has 0 fully saturated rings. The quantitative estimate of drug-likeness (QED) is 0.848. The molecule has 0 aliphatic carbocycles. The van der Waals surface area contributed by atoms with Gasteiger partial charge in [-0.2, -0.15) is 5.10 Å². The summed E-state index contributed by atoms with van der Waals surface area (Å²) < 4.78 is 47.5. The third kappa shape index (κ3) is 4.04. The number of alkyl halides is 2. The molecule has 1 aliphatic heterocycles. The number of anilines is 2. The predicted molar refractivity (Wildman–Crippen MR) is 93.6 cm³/mol. The van der Waals surface area contributed by atoms with E-state index in [9.17, 15) is 13.2 Å². The molecule has 0 radical (unpaired) electrons. The van der Waals surface area contributed by atoms with Gasteiger partial charge in [0.05, 0.1) is 23.5 Å². The molecule has 26 heavy (non-hydrogen) atoms. The zero-order valence-corrected chi connectivity index (χ0v) is 14.6. The van der Waals surface area contributed by atoms with Crippen LogP contribution in [0.1, 0.15) is 12.6 Å². The second-order valence-corrected chi connectivity index (χ2v) is 6.09. The van der Waals surface area contributed by atoms with E-state index < -0.39 is 18.4 Å². The third-order valence-electron chi connectivity index (χ3n) is 3.78. The van der Waals surface area contributed by atoms with Crippen LogP contribution < -0.4 is 10.2 Å². The number of amidine groups is 1. The van der Waals surface area contributed by atoms with Gasteiger partial charge in [-0.3, -0.25) is 4.90 Å². The zero-order chi connectivity index (χ0) is 18.7.